The molecule has 86 valence electrons. The zero-order chi connectivity index (χ0) is 11.4. The molecule has 0 N–H and O–H groups in total. The second-order valence-electron chi connectivity index (χ2n) is 3.71. The Morgan fingerprint density at radius 2 is 2.19 bits per heavy atom. The lowest BCUT2D eigenvalue weighted by Crippen LogP contribution is -1.97. The molecular weight excluding hydrogens is 266 g/mol. The fourth-order valence-electron chi connectivity index (χ4n) is 1.79. The van der Waals surface area contributed by atoms with Gasteiger partial charge in [-0.1, -0.05) is 15.9 Å². The van der Waals surface area contributed by atoms with Crippen molar-refractivity contribution < 1.29 is 4.74 Å². The average Bonchev–Trinajstić information content (AvgIpc) is 2.71. The smallest absolute Gasteiger partial charge is 0.120 e. The number of rotatable bonds is 5. The monoisotopic (exact) mass is 281 g/mol. The summed E-state index contributed by atoms with van der Waals surface area (Å²) in [4.78, 5) is 0. The number of hydrogen-bond donors (Lipinski definition) is 0. The van der Waals surface area contributed by atoms with E-state index in [-0.39, 0.29) is 0 Å². The van der Waals surface area contributed by atoms with E-state index < -0.39 is 0 Å². The number of hydrogen-bond acceptors (Lipinski definition) is 1. The van der Waals surface area contributed by atoms with Crippen molar-refractivity contribution in [1.29, 1.82) is 0 Å². The van der Waals surface area contributed by atoms with Gasteiger partial charge in [-0.05, 0) is 37.6 Å². The molecule has 0 aliphatic rings. The summed E-state index contributed by atoms with van der Waals surface area (Å²) in [6.07, 6.45) is 3.15. The summed E-state index contributed by atoms with van der Waals surface area (Å²) >= 11 is 3.39. The molecule has 0 fully saturated rings. The van der Waals surface area contributed by atoms with Gasteiger partial charge in [-0.2, -0.15) is 0 Å². The van der Waals surface area contributed by atoms with Gasteiger partial charge in [-0.15, -0.1) is 0 Å². The predicted octanol–water partition coefficient (Wildman–Crippen LogP) is 3.83. The number of halogens is 1. The standard InChI is InChI=1S/C13H16BrNO/c1-2-15-8-6-11-10-12(4-5-13(11)15)16-9-3-7-14/h4-6,8,10H,2-3,7,9H2,1H3. The highest BCUT2D eigenvalue weighted by molar-refractivity contribution is 9.09. The molecule has 0 atom stereocenters. The Morgan fingerprint density at radius 1 is 1.31 bits per heavy atom. The third kappa shape index (κ3) is 2.40. The molecule has 16 heavy (non-hydrogen) atoms. The van der Waals surface area contributed by atoms with Crippen molar-refractivity contribution in [3.63, 3.8) is 0 Å². The third-order valence-electron chi connectivity index (χ3n) is 2.63. The van der Waals surface area contributed by atoms with E-state index in [1.165, 1.54) is 10.9 Å². The second-order valence-corrected chi connectivity index (χ2v) is 4.51. The lowest BCUT2D eigenvalue weighted by atomic mass is 10.2. The van der Waals surface area contributed by atoms with Crippen LogP contribution in [0.25, 0.3) is 10.9 Å². The molecule has 0 amide bonds. The molecule has 0 radical (unpaired) electrons. The van der Waals surface area contributed by atoms with E-state index in [0.29, 0.717) is 0 Å². The molecule has 1 aromatic heterocycles. The summed E-state index contributed by atoms with van der Waals surface area (Å²) in [5.41, 5.74) is 1.27. The third-order valence-corrected chi connectivity index (χ3v) is 3.19. The maximum absolute atomic E-state index is 5.66. The van der Waals surface area contributed by atoms with Crippen molar-refractivity contribution in [2.24, 2.45) is 0 Å². The Labute approximate surface area is 104 Å². The zero-order valence-electron chi connectivity index (χ0n) is 9.45. The number of ether oxygens (including phenoxy) is 1. The Balaban J connectivity index is 2.17. The predicted molar refractivity (Wildman–Crippen MR) is 71.5 cm³/mol. The maximum Gasteiger partial charge on any atom is 0.120 e. The second kappa shape index (κ2) is 5.39. The van der Waals surface area contributed by atoms with Crippen LogP contribution >= 0.6 is 15.9 Å². The number of alkyl halides is 1. The lowest BCUT2D eigenvalue weighted by Gasteiger charge is -2.06. The quantitative estimate of drug-likeness (QED) is 0.600. The largest absolute Gasteiger partial charge is 0.494 e. The van der Waals surface area contributed by atoms with Gasteiger partial charge in [0.1, 0.15) is 5.75 Å². The van der Waals surface area contributed by atoms with Gasteiger partial charge in [-0.3, -0.25) is 0 Å². The van der Waals surface area contributed by atoms with Crippen molar-refractivity contribution >= 4 is 26.8 Å². The lowest BCUT2D eigenvalue weighted by molar-refractivity contribution is 0.319. The van der Waals surface area contributed by atoms with E-state index in [1.807, 2.05) is 6.07 Å². The SMILES string of the molecule is CCn1ccc2cc(OCCCBr)ccc21. The van der Waals surface area contributed by atoms with Crippen molar-refractivity contribution in [1.82, 2.24) is 4.57 Å². The van der Waals surface area contributed by atoms with Gasteiger partial charge in [0.05, 0.1) is 6.61 Å². The number of fused-ring (bicyclic) bond motifs is 1. The number of nitrogens with zero attached hydrogens (tertiary/aromatic N) is 1. The van der Waals surface area contributed by atoms with Crippen molar-refractivity contribution in [2.75, 3.05) is 11.9 Å². The van der Waals surface area contributed by atoms with Crippen LogP contribution in [0.2, 0.25) is 0 Å². The first-order chi connectivity index (χ1) is 7.85. The summed E-state index contributed by atoms with van der Waals surface area (Å²) in [7, 11) is 0. The molecule has 0 spiro atoms. The van der Waals surface area contributed by atoms with Crippen molar-refractivity contribution in [2.45, 2.75) is 19.9 Å². The van der Waals surface area contributed by atoms with Crippen molar-refractivity contribution in [3.05, 3.63) is 30.5 Å². The van der Waals surface area contributed by atoms with E-state index >= 15 is 0 Å². The first-order valence-corrected chi connectivity index (χ1v) is 6.75. The van der Waals surface area contributed by atoms with Crippen LogP contribution in [-0.2, 0) is 6.54 Å². The van der Waals surface area contributed by atoms with Crippen LogP contribution in [-0.4, -0.2) is 16.5 Å². The van der Waals surface area contributed by atoms with Crippen LogP contribution in [0.3, 0.4) is 0 Å². The first kappa shape index (κ1) is 11.5. The molecule has 0 saturated heterocycles. The van der Waals surface area contributed by atoms with Crippen molar-refractivity contribution in [3.8, 4) is 5.75 Å². The molecule has 2 rings (SSSR count). The minimum absolute atomic E-state index is 0.769. The first-order valence-electron chi connectivity index (χ1n) is 5.63. The van der Waals surface area contributed by atoms with E-state index in [0.717, 1.165) is 30.7 Å². The highest BCUT2D eigenvalue weighted by Crippen LogP contribution is 2.22. The van der Waals surface area contributed by atoms with E-state index in [9.17, 15) is 0 Å². The van der Waals surface area contributed by atoms with Gasteiger partial charge in [0.25, 0.3) is 0 Å². The molecule has 1 aromatic carbocycles. The van der Waals surface area contributed by atoms with E-state index in [2.05, 4.69) is 51.8 Å². The van der Waals surface area contributed by atoms with Crippen LogP contribution in [0.5, 0.6) is 5.75 Å². The van der Waals surface area contributed by atoms with Crippen LogP contribution in [0.15, 0.2) is 30.5 Å². The van der Waals surface area contributed by atoms with E-state index in [1.54, 1.807) is 0 Å². The Bertz CT molecular complexity index is 464. The summed E-state index contributed by atoms with van der Waals surface area (Å²) in [5.74, 6) is 0.960. The summed E-state index contributed by atoms with van der Waals surface area (Å²) in [6.45, 7) is 3.93. The Hall–Kier alpha value is -0.960. The topological polar surface area (TPSA) is 14.2 Å². The molecule has 0 bridgehead atoms. The molecule has 0 aliphatic carbocycles. The molecule has 1 heterocycles. The molecule has 0 saturated carbocycles. The number of aryl methyl sites for hydroxylation is 1. The molecule has 2 nitrogen and oxygen atoms in total. The van der Waals surface area contributed by atoms with Gasteiger partial charge in [-0.25, -0.2) is 0 Å². The molecule has 0 aliphatic heterocycles. The average molecular weight is 282 g/mol. The van der Waals surface area contributed by atoms with Gasteiger partial charge in [0.15, 0.2) is 0 Å². The molecule has 0 unspecified atom stereocenters. The Kier molecular flexibility index (Phi) is 3.88. The van der Waals surface area contributed by atoms with Crippen LogP contribution in [0.4, 0.5) is 0 Å². The van der Waals surface area contributed by atoms with E-state index in [4.69, 9.17) is 4.74 Å². The van der Waals surface area contributed by atoms with Crippen LogP contribution in [0.1, 0.15) is 13.3 Å². The fourth-order valence-corrected chi connectivity index (χ4v) is 2.02. The van der Waals surface area contributed by atoms with Gasteiger partial charge < -0.3 is 9.30 Å². The Morgan fingerprint density at radius 3 is 2.94 bits per heavy atom. The minimum Gasteiger partial charge on any atom is -0.494 e. The molecule has 3 heteroatoms. The zero-order valence-corrected chi connectivity index (χ0v) is 11.0. The number of benzene rings is 1. The summed E-state index contributed by atoms with van der Waals surface area (Å²) < 4.78 is 7.89. The fraction of sp³-hybridized carbons (Fsp3) is 0.385. The normalized spacial score (nSPS) is 10.9. The maximum atomic E-state index is 5.66. The highest BCUT2D eigenvalue weighted by Gasteiger charge is 2.01. The minimum atomic E-state index is 0.769. The number of aromatic nitrogens is 1. The summed E-state index contributed by atoms with van der Waals surface area (Å²) in [6, 6.07) is 8.41. The summed E-state index contributed by atoms with van der Waals surface area (Å²) in [5, 5.41) is 2.24. The van der Waals surface area contributed by atoms with Gasteiger partial charge >= 0.3 is 0 Å². The van der Waals surface area contributed by atoms with Crippen LogP contribution < -0.4 is 4.74 Å². The molecule has 2 aromatic rings. The highest BCUT2D eigenvalue weighted by atomic mass is 79.9. The molecular formula is C13H16BrNO. The van der Waals surface area contributed by atoms with Crippen LogP contribution in [0, 0.1) is 0 Å². The van der Waals surface area contributed by atoms with Gasteiger partial charge in [0, 0.05) is 29.0 Å². The van der Waals surface area contributed by atoms with Gasteiger partial charge in [0.2, 0.25) is 0 Å².